The SMILES string of the molecule is CCN(CC(C)C#N)c1ccc(CCl)c(Br)c1. The van der Waals surface area contributed by atoms with Crippen LogP contribution in [0.15, 0.2) is 22.7 Å². The highest BCUT2D eigenvalue weighted by molar-refractivity contribution is 9.10. The molecule has 17 heavy (non-hydrogen) atoms. The zero-order valence-corrected chi connectivity index (χ0v) is 12.4. The molecule has 0 heterocycles. The monoisotopic (exact) mass is 314 g/mol. The van der Waals surface area contributed by atoms with Crippen molar-refractivity contribution in [1.29, 1.82) is 5.26 Å². The van der Waals surface area contributed by atoms with E-state index in [2.05, 4.69) is 46.0 Å². The molecule has 0 saturated carbocycles. The van der Waals surface area contributed by atoms with Crippen molar-refractivity contribution in [2.24, 2.45) is 5.92 Å². The van der Waals surface area contributed by atoms with E-state index in [1.165, 1.54) is 0 Å². The van der Waals surface area contributed by atoms with E-state index in [1.54, 1.807) is 0 Å². The maximum absolute atomic E-state index is 8.86. The van der Waals surface area contributed by atoms with Crippen LogP contribution < -0.4 is 4.90 Å². The Morgan fingerprint density at radius 3 is 2.71 bits per heavy atom. The van der Waals surface area contributed by atoms with Crippen LogP contribution in [0.3, 0.4) is 0 Å². The molecule has 0 aromatic heterocycles. The van der Waals surface area contributed by atoms with Gasteiger partial charge in [-0.2, -0.15) is 5.26 Å². The fourth-order valence-corrected chi connectivity index (χ4v) is 2.53. The van der Waals surface area contributed by atoms with E-state index in [0.29, 0.717) is 5.88 Å². The molecule has 0 N–H and O–H groups in total. The number of halogens is 2. The van der Waals surface area contributed by atoms with E-state index >= 15 is 0 Å². The summed E-state index contributed by atoms with van der Waals surface area (Å²) in [7, 11) is 0. The standard InChI is InChI=1S/C13H16BrClN2/c1-3-17(9-10(2)8-16)12-5-4-11(7-15)13(14)6-12/h4-6,10H,3,7,9H2,1-2H3. The molecule has 0 aliphatic rings. The number of anilines is 1. The lowest BCUT2D eigenvalue weighted by Crippen LogP contribution is -2.27. The number of alkyl halides is 1. The van der Waals surface area contributed by atoms with Crippen molar-refractivity contribution in [2.75, 3.05) is 18.0 Å². The third kappa shape index (κ3) is 3.90. The minimum absolute atomic E-state index is 0.0291. The van der Waals surface area contributed by atoms with Gasteiger partial charge in [0, 0.05) is 29.1 Å². The minimum atomic E-state index is 0.0291. The molecule has 0 aliphatic carbocycles. The summed E-state index contributed by atoms with van der Waals surface area (Å²) in [4.78, 5) is 2.19. The molecule has 4 heteroatoms. The van der Waals surface area contributed by atoms with Crippen molar-refractivity contribution in [2.45, 2.75) is 19.7 Å². The topological polar surface area (TPSA) is 27.0 Å². The zero-order chi connectivity index (χ0) is 12.8. The first-order chi connectivity index (χ1) is 8.12. The van der Waals surface area contributed by atoms with Crippen LogP contribution in [-0.4, -0.2) is 13.1 Å². The van der Waals surface area contributed by atoms with E-state index in [0.717, 1.165) is 28.8 Å². The van der Waals surface area contributed by atoms with Gasteiger partial charge in [0.05, 0.1) is 12.0 Å². The second-order valence-electron chi connectivity index (χ2n) is 3.98. The van der Waals surface area contributed by atoms with E-state index < -0.39 is 0 Å². The van der Waals surface area contributed by atoms with E-state index in [4.69, 9.17) is 16.9 Å². The Kier molecular flexibility index (Phi) is 5.80. The summed E-state index contributed by atoms with van der Waals surface area (Å²) in [6.45, 7) is 5.66. The van der Waals surface area contributed by atoms with Crippen molar-refractivity contribution < 1.29 is 0 Å². The van der Waals surface area contributed by atoms with Crippen LogP contribution in [0.1, 0.15) is 19.4 Å². The van der Waals surface area contributed by atoms with Gasteiger partial charge in [-0.15, -0.1) is 11.6 Å². The molecule has 92 valence electrons. The van der Waals surface area contributed by atoms with Crippen LogP contribution in [0.2, 0.25) is 0 Å². The molecule has 1 atom stereocenters. The second kappa shape index (κ2) is 6.88. The van der Waals surface area contributed by atoms with Gasteiger partial charge in [0.15, 0.2) is 0 Å². The first kappa shape index (κ1) is 14.3. The van der Waals surface area contributed by atoms with Gasteiger partial charge in [0.2, 0.25) is 0 Å². The van der Waals surface area contributed by atoms with Crippen LogP contribution in [0, 0.1) is 17.2 Å². The normalized spacial score (nSPS) is 11.9. The Morgan fingerprint density at radius 1 is 1.53 bits per heavy atom. The van der Waals surface area contributed by atoms with Gasteiger partial charge >= 0.3 is 0 Å². The Hall–Kier alpha value is -0.720. The number of benzene rings is 1. The molecule has 0 spiro atoms. The van der Waals surface area contributed by atoms with Crippen molar-refractivity contribution in [1.82, 2.24) is 0 Å². The Balaban J connectivity index is 2.89. The average molecular weight is 316 g/mol. The third-order valence-electron chi connectivity index (χ3n) is 2.64. The van der Waals surface area contributed by atoms with Crippen molar-refractivity contribution in [3.05, 3.63) is 28.2 Å². The van der Waals surface area contributed by atoms with E-state index in [1.807, 2.05) is 13.0 Å². The first-order valence-corrected chi connectivity index (χ1v) is 6.94. The lowest BCUT2D eigenvalue weighted by atomic mass is 10.1. The summed E-state index contributed by atoms with van der Waals surface area (Å²) in [6.07, 6.45) is 0. The minimum Gasteiger partial charge on any atom is -0.370 e. The summed E-state index contributed by atoms with van der Waals surface area (Å²) in [5, 5.41) is 8.86. The molecule has 0 amide bonds. The molecule has 0 radical (unpaired) electrons. The van der Waals surface area contributed by atoms with Crippen LogP contribution in [0.5, 0.6) is 0 Å². The van der Waals surface area contributed by atoms with Gasteiger partial charge < -0.3 is 4.90 Å². The lowest BCUT2D eigenvalue weighted by Gasteiger charge is -2.24. The van der Waals surface area contributed by atoms with Crippen LogP contribution in [0.4, 0.5) is 5.69 Å². The maximum atomic E-state index is 8.86. The van der Waals surface area contributed by atoms with Gasteiger partial charge in [-0.3, -0.25) is 0 Å². The highest BCUT2D eigenvalue weighted by Crippen LogP contribution is 2.25. The lowest BCUT2D eigenvalue weighted by molar-refractivity contribution is 0.686. The highest BCUT2D eigenvalue weighted by atomic mass is 79.9. The number of rotatable bonds is 5. The Labute approximate surface area is 116 Å². The predicted molar refractivity (Wildman–Crippen MR) is 76.4 cm³/mol. The van der Waals surface area contributed by atoms with Crippen LogP contribution >= 0.6 is 27.5 Å². The number of hydrogen-bond donors (Lipinski definition) is 0. The van der Waals surface area contributed by atoms with Crippen molar-refractivity contribution in [3.8, 4) is 6.07 Å². The molecular formula is C13H16BrClN2. The number of hydrogen-bond acceptors (Lipinski definition) is 2. The fourth-order valence-electron chi connectivity index (χ4n) is 1.63. The third-order valence-corrected chi connectivity index (χ3v) is 3.67. The first-order valence-electron chi connectivity index (χ1n) is 5.61. The quantitative estimate of drug-likeness (QED) is 0.762. The summed E-state index contributed by atoms with van der Waals surface area (Å²) in [5.74, 6) is 0.531. The average Bonchev–Trinajstić information content (AvgIpc) is 2.35. The van der Waals surface area contributed by atoms with Gasteiger partial charge in [0.1, 0.15) is 0 Å². The Morgan fingerprint density at radius 2 is 2.24 bits per heavy atom. The zero-order valence-electron chi connectivity index (χ0n) is 10.1. The molecule has 1 unspecified atom stereocenters. The number of nitriles is 1. The molecule has 1 aromatic rings. The summed E-state index contributed by atoms with van der Waals surface area (Å²) < 4.78 is 1.02. The predicted octanol–water partition coefficient (Wildman–Crippen LogP) is 4.17. The molecule has 1 rings (SSSR count). The maximum Gasteiger partial charge on any atom is 0.0671 e. The molecule has 1 aromatic carbocycles. The Bertz CT molecular complexity index is 414. The van der Waals surface area contributed by atoms with Crippen molar-refractivity contribution in [3.63, 3.8) is 0 Å². The van der Waals surface area contributed by atoms with Crippen molar-refractivity contribution >= 4 is 33.2 Å². The van der Waals surface area contributed by atoms with Gasteiger partial charge in [-0.25, -0.2) is 0 Å². The summed E-state index contributed by atoms with van der Waals surface area (Å²) >= 11 is 9.33. The summed E-state index contributed by atoms with van der Waals surface area (Å²) in [5.41, 5.74) is 2.20. The van der Waals surface area contributed by atoms with E-state index in [-0.39, 0.29) is 5.92 Å². The smallest absolute Gasteiger partial charge is 0.0671 e. The molecule has 2 nitrogen and oxygen atoms in total. The molecule has 0 aliphatic heterocycles. The molecule has 0 fully saturated rings. The molecule has 0 bridgehead atoms. The van der Waals surface area contributed by atoms with E-state index in [9.17, 15) is 0 Å². The van der Waals surface area contributed by atoms with Crippen LogP contribution in [0.25, 0.3) is 0 Å². The highest BCUT2D eigenvalue weighted by Gasteiger charge is 2.10. The largest absolute Gasteiger partial charge is 0.370 e. The molecular weight excluding hydrogens is 300 g/mol. The number of nitrogens with zero attached hydrogens (tertiary/aromatic N) is 2. The van der Waals surface area contributed by atoms with Gasteiger partial charge in [-0.05, 0) is 31.5 Å². The summed E-state index contributed by atoms with van der Waals surface area (Å²) in [6, 6.07) is 8.39. The molecule has 0 saturated heterocycles. The van der Waals surface area contributed by atoms with Gasteiger partial charge in [-0.1, -0.05) is 22.0 Å². The van der Waals surface area contributed by atoms with Gasteiger partial charge in [0.25, 0.3) is 0 Å². The fraction of sp³-hybridized carbons (Fsp3) is 0.462. The van der Waals surface area contributed by atoms with Crippen LogP contribution in [-0.2, 0) is 5.88 Å². The second-order valence-corrected chi connectivity index (χ2v) is 5.10.